The van der Waals surface area contributed by atoms with E-state index in [0.717, 1.165) is 11.3 Å². The summed E-state index contributed by atoms with van der Waals surface area (Å²) in [6, 6.07) is 19.0. The summed E-state index contributed by atoms with van der Waals surface area (Å²) in [7, 11) is 0. The van der Waals surface area contributed by atoms with Crippen LogP contribution in [0.5, 0.6) is 6.01 Å². The van der Waals surface area contributed by atoms with Gasteiger partial charge >= 0.3 is 30.0 Å². The first-order valence-electron chi connectivity index (χ1n) is 16.9. The number of carbonyl (C=O) groups is 4. The summed E-state index contributed by atoms with van der Waals surface area (Å²) in [4.78, 5) is 61.8. The number of ether oxygens (including phenoxy) is 1. The fraction of sp³-hybridized carbons (Fsp3) is 0.222. The Morgan fingerprint density at radius 2 is 1.57 bits per heavy atom. The Hall–Kier alpha value is -6.76. The molecule has 16 nitrogen and oxygen atoms in total. The molecule has 0 aliphatic heterocycles. The Balaban J connectivity index is 1.03. The van der Waals surface area contributed by atoms with Gasteiger partial charge in [-0.25, -0.2) is 9.48 Å². The second-order valence-corrected chi connectivity index (χ2v) is 12.9. The number of alkyl halides is 3. The van der Waals surface area contributed by atoms with Crippen molar-refractivity contribution in [2.45, 2.75) is 37.0 Å². The van der Waals surface area contributed by atoms with Gasteiger partial charge in [-0.2, -0.15) is 33.2 Å². The molecule has 2 aromatic heterocycles. The fourth-order valence-electron chi connectivity index (χ4n) is 5.32. The van der Waals surface area contributed by atoms with Crippen molar-refractivity contribution >= 4 is 58.6 Å². The molecule has 6 N–H and O–H groups in total. The third-order valence-corrected chi connectivity index (χ3v) is 8.56. The second-order valence-electron chi connectivity index (χ2n) is 12.4. The number of carboxylic acids is 1. The van der Waals surface area contributed by atoms with Crippen LogP contribution in [0.15, 0.2) is 91.3 Å². The number of aliphatic carboxylic acids is 1. The maximum atomic E-state index is 12.9. The minimum Gasteiger partial charge on any atom is -0.480 e. The highest BCUT2D eigenvalue weighted by Gasteiger charge is 2.45. The van der Waals surface area contributed by atoms with Gasteiger partial charge in [-0.15, -0.1) is 0 Å². The van der Waals surface area contributed by atoms with Crippen molar-refractivity contribution in [3.8, 4) is 11.7 Å². The number of halogens is 4. The number of anilines is 4. The summed E-state index contributed by atoms with van der Waals surface area (Å²) in [5, 5.41) is 27.5. The van der Waals surface area contributed by atoms with Gasteiger partial charge in [0.2, 0.25) is 11.9 Å². The molecule has 1 fully saturated rings. The van der Waals surface area contributed by atoms with Crippen molar-refractivity contribution in [1.29, 1.82) is 0 Å². The maximum absolute atomic E-state index is 12.9. The minimum absolute atomic E-state index is 0.0451. The van der Waals surface area contributed by atoms with Crippen molar-refractivity contribution in [2.75, 3.05) is 29.1 Å². The van der Waals surface area contributed by atoms with Crippen LogP contribution in [0.2, 0.25) is 5.02 Å². The molecular formula is C36H32ClF3N10O6. The van der Waals surface area contributed by atoms with E-state index in [1.54, 1.807) is 59.5 Å². The highest BCUT2D eigenvalue weighted by molar-refractivity contribution is 6.39. The van der Waals surface area contributed by atoms with Crippen molar-refractivity contribution in [3.63, 3.8) is 0 Å². The van der Waals surface area contributed by atoms with Gasteiger partial charge in [0.15, 0.2) is 6.61 Å². The SMILES string of the molecule is O=C(NCC[C@H](NC(=O)c1ccc(Nc2nc(NC3(c4ccc(Cl)cc4)CC3)nc(OCC(F)(F)F)n2)cc1)C(=O)O)C(=O)Nc1ccc(-n2cccn2)cc1. The molecule has 0 spiro atoms. The van der Waals surface area contributed by atoms with E-state index in [-0.39, 0.29) is 30.4 Å². The summed E-state index contributed by atoms with van der Waals surface area (Å²) in [5.41, 5.74) is 1.79. The largest absolute Gasteiger partial charge is 0.480 e. The van der Waals surface area contributed by atoms with Crippen molar-refractivity contribution in [1.82, 2.24) is 35.4 Å². The smallest absolute Gasteiger partial charge is 0.422 e. The van der Waals surface area contributed by atoms with Crippen molar-refractivity contribution in [3.05, 3.63) is 107 Å². The third-order valence-electron chi connectivity index (χ3n) is 8.30. The van der Waals surface area contributed by atoms with E-state index in [1.165, 1.54) is 24.3 Å². The predicted octanol–water partition coefficient (Wildman–Crippen LogP) is 4.82. The summed E-state index contributed by atoms with van der Waals surface area (Å²) in [6.07, 6.45) is -0.138. The molecule has 20 heteroatoms. The van der Waals surface area contributed by atoms with Gasteiger partial charge in [0.1, 0.15) is 6.04 Å². The van der Waals surface area contributed by atoms with Crippen LogP contribution in [-0.2, 0) is 19.9 Å². The summed E-state index contributed by atoms with van der Waals surface area (Å²) in [5.74, 6) is -4.31. The number of hydrogen-bond donors (Lipinski definition) is 6. The number of amides is 3. The van der Waals surface area contributed by atoms with Gasteiger partial charge in [-0.3, -0.25) is 14.4 Å². The lowest BCUT2D eigenvalue weighted by atomic mass is 10.1. The Morgan fingerprint density at radius 3 is 2.20 bits per heavy atom. The summed E-state index contributed by atoms with van der Waals surface area (Å²) in [6.45, 7) is -1.88. The van der Waals surface area contributed by atoms with Gasteiger partial charge in [-0.1, -0.05) is 23.7 Å². The molecule has 290 valence electrons. The van der Waals surface area contributed by atoms with Crippen LogP contribution in [0, 0.1) is 0 Å². The van der Waals surface area contributed by atoms with Crippen molar-refractivity contribution in [2.24, 2.45) is 0 Å². The van der Waals surface area contributed by atoms with Crippen LogP contribution < -0.4 is 31.3 Å². The molecule has 1 aliphatic rings. The normalized spacial score (nSPS) is 13.5. The van der Waals surface area contributed by atoms with Gasteiger partial charge in [-0.05, 0) is 91.6 Å². The van der Waals surface area contributed by atoms with E-state index < -0.39 is 54.1 Å². The highest BCUT2D eigenvalue weighted by atomic mass is 35.5. The van der Waals surface area contributed by atoms with Crippen LogP contribution in [0.25, 0.3) is 5.69 Å². The highest BCUT2D eigenvalue weighted by Crippen LogP contribution is 2.48. The van der Waals surface area contributed by atoms with Crippen LogP contribution >= 0.6 is 11.6 Å². The summed E-state index contributed by atoms with van der Waals surface area (Å²) >= 11 is 6.02. The first kappa shape index (κ1) is 38.9. The van der Waals surface area contributed by atoms with E-state index in [4.69, 9.17) is 16.3 Å². The molecule has 1 aliphatic carbocycles. The molecule has 2 heterocycles. The predicted molar refractivity (Wildman–Crippen MR) is 196 cm³/mol. The Morgan fingerprint density at radius 1 is 0.893 bits per heavy atom. The second kappa shape index (κ2) is 16.7. The topological polar surface area (TPSA) is 214 Å². The van der Waals surface area contributed by atoms with Gasteiger partial charge in [0, 0.05) is 40.9 Å². The molecule has 5 aromatic rings. The van der Waals surface area contributed by atoms with Gasteiger partial charge in [0.25, 0.3) is 5.91 Å². The van der Waals surface area contributed by atoms with E-state index in [2.05, 4.69) is 46.6 Å². The minimum atomic E-state index is -4.65. The zero-order valence-electron chi connectivity index (χ0n) is 29.0. The number of benzene rings is 3. The number of rotatable bonds is 15. The number of carbonyl (C=O) groups excluding carboxylic acids is 3. The number of carboxylic acid groups (broad SMARTS) is 1. The van der Waals surface area contributed by atoms with Crippen LogP contribution in [0.4, 0.5) is 36.4 Å². The average Bonchev–Trinajstić information content (AvgIpc) is 3.72. The quantitative estimate of drug-likeness (QED) is 0.0788. The molecule has 56 heavy (non-hydrogen) atoms. The molecule has 3 aromatic carbocycles. The van der Waals surface area contributed by atoms with E-state index in [1.807, 2.05) is 12.1 Å². The standard InChI is InChI=1S/C36H32ClF3N10O6/c37-23-6-4-22(5-7-23)35(15-16-35)49-33-46-32(47-34(48-33)56-20-36(38,39)40)44-25-8-2-21(3-9-25)28(51)45-27(31(54)55)14-18-41-29(52)30(53)43-24-10-12-26(13-11-24)50-19-1-17-42-50/h1-13,17,19,27H,14-16,18,20H2,(H,41,52)(H,43,53)(H,45,51)(H,54,55)(H2,44,46,47,48,49)/t27-/m0/s1. The van der Waals surface area contributed by atoms with Crippen LogP contribution in [-0.4, -0.2) is 78.9 Å². The number of aromatic nitrogens is 5. The molecule has 3 amide bonds. The molecule has 1 atom stereocenters. The monoisotopic (exact) mass is 792 g/mol. The first-order valence-corrected chi connectivity index (χ1v) is 17.2. The van der Waals surface area contributed by atoms with E-state index in [9.17, 15) is 37.5 Å². The fourth-order valence-corrected chi connectivity index (χ4v) is 5.45. The van der Waals surface area contributed by atoms with Crippen LogP contribution in [0.3, 0.4) is 0 Å². The molecule has 0 radical (unpaired) electrons. The van der Waals surface area contributed by atoms with E-state index in [0.29, 0.717) is 29.2 Å². The Kier molecular flexibility index (Phi) is 11.6. The third kappa shape index (κ3) is 10.5. The Labute approximate surface area is 320 Å². The first-order chi connectivity index (χ1) is 26.7. The molecule has 0 bridgehead atoms. The lowest BCUT2D eigenvalue weighted by Gasteiger charge is -2.19. The average molecular weight is 793 g/mol. The maximum Gasteiger partial charge on any atom is 0.422 e. The van der Waals surface area contributed by atoms with Gasteiger partial charge < -0.3 is 36.4 Å². The lowest BCUT2D eigenvalue weighted by Crippen LogP contribution is -2.44. The van der Waals surface area contributed by atoms with Crippen molar-refractivity contribution < 1.29 is 42.2 Å². The van der Waals surface area contributed by atoms with Crippen LogP contribution in [0.1, 0.15) is 35.2 Å². The zero-order valence-corrected chi connectivity index (χ0v) is 29.8. The number of nitrogens with one attached hydrogen (secondary N) is 5. The molecule has 0 unspecified atom stereocenters. The zero-order chi connectivity index (χ0) is 39.9. The number of hydrogen-bond acceptors (Lipinski definition) is 11. The molecule has 6 rings (SSSR count). The van der Waals surface area contributed by atoms with E-state index >= 15 is 0 Å². The number of nitrogens with zero attached hydrogens (tertiary/aromatic N) is 5. The summed E-state index contributed by atoms with van der Waals surface area (Å²) < 4.78 is 45.3. The molecular weight excluding hydrogens is 761 g/mol. The lowest BCUT2D eigenvalue weighted by molar-refractivity contribution is -0.154. The molecule has 1 saturated carbocycles. The Bertz CT molecular complexity index is 2190. The molecule has 0 saturated heterocycles. The van der Waals surface area contributed by atoms with Gasteiger partial charge in [0.05, 0.1) is 11.2 Å².